The fraction of sp³-hybridized carbons (Fsp3) is 0.583. The Kier molecular flexibility index (Phi) is 4.59. The van der Waals surface area contributed by atoms with Crippen molar-refractivity contribution in [3.05, 3.63) is 11.5 Å². The molecule has 0 aromatic carbocycles. The largest absolute Gasteiger partial charge is 0.479 e. The SMILES string of the molecule is COc1nc(Cl)nc2cn(CCS(=O)(=O)NC(C)(C)C)nc12. The number of aryl methyl sites for hydroxylation is 1. The standard InChI is InChI=1S/C12H18ClN5O3S/c1-12(2,3)17-22(19,20)6-5-18-7-8-9(16-18)10(21-4)15-11(13)14-8/h7,17H,5-6H2,1-4H3. The van der Waals surface area contributed by atoms with Crippen molar-refractivity contribution in [2.24, 2.45) is 0 Å². The maximum atomic E-state index is 12.0. The highest BCUT2D eigenvalue weighted by atomic mass is 35.5. The summed E-state index contributed by atoms with van der Waals surface area (Å²) in [5.74, 6) is 0.159. The molecule has 0 atom stereocenters. The molecule has 122 valence electrons. The Morgan fingerprint density at radius 1 is 1.36 bits per heavy atom. The normalized spacial score (nSPS) is 12.8. The molecule has 8 nitrogen and oxygen atoms in total. The predicted octanol–water partition coefficient (Wildman–Crippen LogP) is 1.21. The van der Waals surface area contributed by atoms with Gasteiger partial charge in [0, 0.05) is 5.54 Å². The van der Waals surface area contributed by atoms with Crippen LogP contribution in [0.5, 0.6) is 5.88 Å². The minimum absolute atomic E-state index is 0.0471. The van der Waals surface area contributed by atoms with Crippen LogP contribution in [0.2, 0.25) is 5.28 Å². The average molecular weight is 348 g/mol. The van der Waals surface area contributed by atoms with Crippen molar-refractivity contribution in [1.82, 2.24) is 24.5 Å². The number of methoxy groups -OCH3 is 1. The number of hydrogen-bond acceptors (Lipinski definition) is 6. The van der Waals surface area contributed by atoms with Gasteiger partial charge in [-0.25, -0.2) is 18.1 Å². The van der Waals surface area contributed by atoms with Crippen molar-refractivity contribution in [1.29, 1.82) is 0 Å². The number of rotatable bonds is 5. The van der Waals surface area contributed by atoms with E-state index in [4.69, 9.17) is 16.3 Å². The number of nitrogens with one attached hydrogen (secondary N) is 1. The zero-order valence-corrected chi connectivity index (χ0v) is 14.4. The molecule has 0 aliphatic carbocycles. The first-order chi connectivity index (χ1) is 10.1. The Morgan fingerprint density at radius 3 is 2.64 bits per heavy atom. The maximum absolute atomic E-state index is 12.0. The van der Waals surface area contributed by atoms with E-state index < -0.39 is 15.6 Å². The van der Waals surface area contributed by atoms with Crippen molar-refractivity contribution < 1.29 is 13.2 Å². The summed E-state index contributed by atoms with van der Waals surface area (Å²) in [4.78, 5) is 7.95. The van der Waals surface area contributed by atoms with Gasteiger partial charge >= 0.3 is 0 Å². The fourth-order valence-corrected chi connectivity index (χ4v) is 3.52. The van der Waals surface area contributed by atoms with E-state index in [1.807, 2.05) is 0 Å². The van der Waals surface area contributed by atoms with E-state index in [1.54, 1.807) is 27.0 Å². The lowest BCUT2D eigenvalue weighted by Gasteiger charge is -2.20. The number of nitrogens with zero attached hydrogens (tertiary/aromatic N) is 4. The van der Waals surface area contributed by atoms with Crippen molar-refractivity contribution in [3.63, 3.8) is 0 Å². The Morgan fingerprint density at radius 2 is 2.05 bits per heavy atom. The van der Waals surface area contributed by atoms with Gasteiger partial charge in [-0.2, -0.15) is 10.1 Å². The molecule has 0 aliphatic heterocycles. The van der Waals surface area contributed by atoms with Crippen LogP contribution >= 0.6 is 11.6 Å². The molecule has 2 heterocycles. The molecule has 22 heavy (non-hydrogen) atoms. The van der Waals surface area contributed by atoms with Gasteiger partial charge in [0.1, 0.15) is 5.52 Å². The minimum atomic E-state index is -3.40. The van der Waals surface area contributed by atoms with Crippen LogP contribution in [0.25, 0.3) is 11.0 Å². The summed E-state index contributed by atoms with van der Waals surface area (Å²) >= 11 is 5.79. The van der Waals surface area contributed by atoms with Crippen molar-refractivity contribution >= 4 is 32.7 Å². The molecule has 0 aliphatic rings. The van der Waals surface area contributed by atoms with E-state index in [1.165, 1.54) is 11.8 Å². The lowest BCUT2D eigenvalue weighted by Crippen LogP contribution is -2.42. The second-order valence-electron chi connectivity index (χ2n) is 5.80. The van der Waals surface area contributed by atoms with E-state index in [0.29, 0.717) is 11.0 Å². The fourth-order valence-electron chi connectivity index (χ4n) is 1.89. The Balaban J connectivity index is 2.19. The molecule has 0 radical (unpaired) electrons. The molecule has 2 rings (SSSR count). The van der Waals surface area contributed by atoms with Crippen LogP contribution in [0, 0.1) is 0 Å². The predicted molar refractivity (Wildman–Crippen MR) is 83.6 cm³/mol. The van der Waals surface area contributed by atoms with Gasteiger partial charge in [-0.1, -0.05) is 0 Å². The second-order valence-corrected chi connectivity index (χ2v) is 7.98. The van der Waals surface area contributed by atoms with Crippen LogP contribution in [0.4, 0.5) is 0 Å². The highest BCUT2D eigenvalue weighted by molar-refractivity contribution is 7.89. The quantitative estimate of drug-likeness (QED) is 0.816. The smallest absolute Gasteiger partial charge is 0.246 e. The van der Waals surface area contributed by atoms with Gasteiger partial charge in [-0.3, -0.25) is 4.68 Å². The Bertz CT molecular complexity index is 782. The van der Waals surface area contributed by atoms with Gasteiger partial charge in [0.2, 0.25) is 21.2 Å². The van der Waals surface area contributed by atoms with Gasteiger partial charge in [0.05, 0.1) is 25.6 Å². The highest BCUT2D eigenvalue weighted by Gasteiger charge is 2.20. The number of fused-ring (bicyclic) bond motifs is 1. The molecule has 0 amide bonds. The van der Waals surface area contributed by atoms with Crippen LogP contribution in [0.1, 0.15) is 20.8 Å². The van der Waals surface area contributed by atoms with Crippen molar-refractivity contribution in [3.8, 4) is 5.88 Å². The summed E-state index contributed by atoms with van der Waals surface area (Å²) in [6.45, 7) is 5.54. The Labute approximate surface area is 133 Å². The molecule has 2 aromatic heterocycles. The average Bonchev–Trinajstić information content (AvgIpc) is 2.75. The van der Waals surface area contributed by atoms with E-state index in [9.17, 15) is 8.42 Å². The number of sulfonamides is 1. The van der Waals surface area contributed by atoms with Crippen LogP contribution in [-0.2, 0) is 16.6 Å². The first kappa shape index (κ1) is 16.9. The molecule has 0 bridgehead atoms. The van der Waals surface area contributed by atoms with Gasteiger partial charge in [-0.05, 0) is 32.4 Å². The van der Waals surface area contributed by atoms with E-state index in [2.05, 4.69) is 19.8 Å². The van der Waals surface area contributed by atoms with E-state index >= 15 is 0 Å². The number of aromatic nitrogens is 4. The number of hydrogen-bond donors (Lipinski definition) is 1. The molecular weight excluding hydrogens is 330 g/mol. The molecule has 0 saturated heterocycles. The topological polar surface area (TPSA) is 99.0 Å². The molecule has 2 aromatic rings. The van der Waals surface area contributed by atoms with Crippen LogP contribution in [0.15, 0.2) is 6.20 Å². The number of ether oxygens (including phenoxy) is 1. The lowest BCUT2D eigenvalue weighted by atomic mass is 10.1. The minimum Gasteiger partial charge on any atom is -0.479 e. The van der Waals surface area contributed by atoms with Gasteiger partial charge < -0.3 is 4.74 Å². The molecule has 1 N–H and O–H groups in total. The van der Waals surface area contributed by atoms with Crippen LogP contribution in [0.3, 0.4) is 0 Å². The zero-order chi connectivity index (χ0) is 16.5. The first-order valence-electron chi connectivity index (χ1n) is 6.56. The third-order valence-corrected chi connectivity index (χ3v) is 4.41. The molecular formula is C12H18ClN5O3S. The van der Waals surface area contributed by atoms with Gasteiger partial charge in [0.15, 0.2) is 5.52 Å². The lowest BCUT2D eigenvalue weighted by molar-refractivity contribution is 0.401. The molecule has 0 fully saturated rings. The molecule has 0 saturated carbocycles. The van der Waals surface area contributed by atoms with Crippen LogP contribution in [-0.4, -0.2) is 46.6 Å². The summed E-state index contributed by atoms with van der Waals surface area (Å²) in [7, 11) is -1.95. The third-order valence-electron chi connectivity index (χ3n) is 2.60. The summed E-state index contributed by atoms with van der Waals surface area (Å²) in [5, 5.41) is 4.29. The molecule has 10 heteroatoms. The summed E-state index contributed by atoms with van der Waals surface area (Å²) in [5.41, 5.74) is 0.418. The van der Waals surface area contributed by atoms with Crippen molar-refractivity contribution in [2.45, 2.75) is 32.9 Å². The zero-order valence-electron chi connectivity index (χ0n) is 12.8. The highest BCUT2D eigenvalue weighted by Crippen LogP contribution is 2.22. The second kappa shape index (κ2) is 5.98. The Hall–Kier alpha value is -1.45. The molecule has 0 unspecified atom stereocenters. The van der Waals surface area contributed by atoms with Crippen molar-refractivity contribution in [2.75, 3.05) is 12.9 Å². The van der Waals surface area contributed by atoms with E-state index in [0.717, 1.165) is 0 Å². The maximum Gasteiger partial charge on any atom is 0.246 e. The van der Waals surface area contributed by atoms with E-state index in [-0.39, 0.29) is 23.5 Å². The summed E-state index contributed by atoms with van der Waals surface area (Å²) < 4.78 is 33.1. The van der Waals surface area contributed by atoms with Crippen LogP contribution < -0.4 is 9.46 Å². The number of halogens is 1. The van der Waals surface area contributed by atoms with Gasteiger partial charge in [0.25, 0.3) is 0 Å². The summed E-state index contributed by atoms with van der Waals surface area (Å²) in [6, 6.07) is 0. The monoisotopic (exact) mass is 347 g/mol. The van der Waals surface area contributed by atoms with Gasteiger partial charge in [-0.15, -0.1) is 0 Å². The third kappa shape index (κ3) is 4.28. The first-order valence-corrected chi connectivity index (χ1v) is 8.59. The molecule has 0 spiro atoms. The summed E-state index contributed by atoms with van der Waals surface area (Å²) in [6.07, 6.45) is 1.61.